The number of rotatable bonds is 5. The van der Waals surface area contributed by atoms with Gasteiger partial charge in [-0.05, 0) is 25.6 Å². The summed E-state index contributed by atoms with van der Waals surface area (Å²) in [5, 5.41) is 5.96. The monoisotopic (exact) mass is 206 g/mol. The van der Waals surface area contributed by atoms with Crippen molar-refractivity contribution in [1.29, 1.82) is 0 Å². The highest BCUT2D eigenvalue weighted by Crippen LogP contribution is 2.08. The van der Waals surface area contributed by atoms with Crippen molar-refractivity contribution in [3.05, 3.63) is 29.8 Å². The minimum absolute atomic E-state index is 0.0554. The van der Waals surface area contributed by atoms with E-state index in [1.54, 1.807) is 0 Å². The minimum Gasteiger partial charge on any atom is -0.326 e. The first-order valence-electron chi connectivity index (χ1n) is 5.29. The molecule has 82 valence electrons. The number of hydrogen-bond donors (Lipinski definition) is 2. The average Bonchev–Trinajstić information content (AvgIpc) is 2.22. The molecule has 0 atom stereocenters. The molecule has 0 aliphatic rings. The lowest BCUT2D eigenvalue weighted by atomic mass is 10.2. The Morgan fingerprint density at radius 1 is 1.27 bits per heavy atom. The van der Waals surface area contributed by atoms with Gasteiger partial charge in [-0.3, -0.25) is 4.79 Å². The molecule has 1 aromatic carbocycles. The van der Waals surface area contributed by atoms with Gasteiger partial charge in [0.25, 0.3) is 0 Å². The van der Waals surface area contributed by atoms with Crippen LogP contribution in [-0.2, 0) is 4.79 Å². The summed E-state index contributed by atoms with van der Waals surface area (Å²) in [5.41, 5.74) is 2.06. The van der Waals surface area contributed by atoms with Gasteiger partial charge < -0.3 is 10.6 Å². The highest BCUT2D eigenvalue weighted by atomic mass is 16.1. The fourth-order valence-corrected chi connectivity index (χ4v) is 1.24. The summed E-state index contributed by atoms with van der Waals surface area (Å²) in [5.74, 6) is 0.0554. The summed E-state index contributed by atoms with van der Waals surface area (Å²) >= 11 is 0. The van der Waals surface area contributed by atoms with Crippen LogP contribution < -0.4 is 10.6 Å². The maximum absolute atomic E-state index is 11.4. The third kappa shape index (κ3) is 4.61. The van der Waals surface area contributed by atoms with Crippen molar-refractivity contribution in [3.63, 3.8) is 0 Å². The van der Waals surface area contributed by atoms with E-state index in [1.165, 1.54) is 5.56 Å². The lowest BCUT2D eigenvalue weighted by molar-refractivity contribution is -0.116. The van der Waals surface area contributed by atoms with Crippen molar-refractivity contribution in [1.82, 2.24) is 5.32 Å². The summed E-state index contributed by atoms with van der Waals surface area (Å²) in [6.45, 7) is 5.68. The fraction of sp³-hybridized carbons (Fsp3) is 0.417. The van der Waals surface area contributed by atoms with Crippen LogP contribution in [0.2, 0.25) is 0 Å². The molecular formula is C12H18N2O. The van der Waals surface area contributed by atoms with Gasteiger partial charge in [0, 0.05) is 18.7 Å². The Bertz CT molecular complexity index is 306. The van der Waals surface area contributed by atoms with Crippen LogP contribution in [0.4, 0.5) is 5.69 Å². The first-order chi connectivity index (χ1) is 7.22. The summed E-state index contributed by atoms with van der Waals surface area (Å²) < 4.78 is 0. The Hall–Kier alpha value is -1.35. The Labute approximate surface area is 90.9 Å². The van der Waals surface area contributed by atoms with Crippen molar-refractivity contribution in [2.75, 3.05) is 18.4 Å². The topological polar surface area (TPSA) is 41.1 Å². The van der Waals surface area contributed by atoms with E-state index in [0.29, 0.717) is 6.42 Å². The van der Waals surface area contributed by atoms with Crippen LogP contribution >= 0.6 is 0 Å². The van der Waals surface area contributed by atoms with Crippen LogP contribution in [0.25, 0.3) is 0 Å². The van der Waals surface area contributed by atoms with Crippen LogP contribution in [0.1, 0.15) is 18.9 Å². The quantitative estimate of drug-likeness (QED) is 0.723. The number of benzene rings is 1. The second kappa shape index (κ2) is 6.19. The smallest absolute Gasteiger partial charge is 0.225 e. The van der Waals surface area contributed by atoms with Gasteiger partial charge in [0.1, 0.15) is 0 Å². The first kappa shape index (κ1) is 11.7. The molecule has 0 bridgehead atoms. The SMILES string of the molecule is CCNCCC(=O)Nc1ccc(C)cc1. The van der Waals surface area contributed by atoms with E-state index in [4.69, 9.17) is 0 Å². The van der Waals surface area contributed by atoms with E-state index in [0.717, 1.165) is 18.8 Å². The lowest BCUT2D eigenvalue weighted by Gasteiger charge is -2.05. The minimum atomic E-state index is 0.0554. The van der Waals surface area contributed by atoms with Gasteiger partial charge in [-0.15, -0.1) is 0 Å². The molecule has 3 nitrogen and oxygen atoms in total. The molecule has 15 heavy (non-hydrogen) atoms. The van der Waals surface area contributed by atoms with Gasteiger partial charge in [-0.1, -0.05) is 24.6 Å². The zero-order chi connectivity index (χ0) is 11.1. The number of anilines is 1. The highest BCUT2D eigenvalue weighted by Gasteiger charge is 2.00. The van der Waals surface area contributed by atoms with Crippen molar-refractivity contribution in [2.45, 2.75) is 20.3 Å². The molecule has 0 saturated heterocycles. The van der Waals surface area contributed by atoms with E-state index in [9.17, 15) is 4.79 Å². The van der Waals surface area contributed by atoms with Gasteiger partial charge >= 0.3 is 0 Å². The molecule has 0 aliphatic heterocycles. The molecule has 0 heterocycles. The standard InChI is InChI=1S/C12H18N2O/c1-3-13-9-8-12(15)14-11-6-4-10(2)5-7-11/h4-7,13H,3,8-9H2,1-2H3,(H,14,15). The maximum atomic E-state index is 11.4. The van der Waals surface area contributed by atoms with E-state index in [2.05, 4.69) is 10.6 Å². The fourth-order valence-electron chi connectivity index (χ4n) is 1.24. The Morgan fingerprint density at radius 2 is 1.93 bits per heavy atom. The van der Waals surface area contributed by atoms with Gasteiger partial charge in [-0.2, -0.15) is 0 Å². The second-order valence-electron chi connectivity index (χ2n) is 3.52. The average molecular weight is 206 g/mol. The summed E-state index contributed by atoms with van der Waals surface area (Å²) in [4.78, 5) is 11.4. The molecule has 0 radical (unpaired) electrons. The van der Waals surface area contributed by atoms with Crippen LogP contribution in [0, 0.1) is 6.92 Å². The van der Waals surface area contributed by atoms with Crippen LogP contribution in [0.5, 0.6) is 0 Å². The van der Waals surface area contributed by atoms with Gasteiger partial charge in [0.15, 0.2) is 0 Å². The highest BCUT2D eigenvalue weighted by molar-refractivity contribution is 5.90. The number of carbonyl (C=O) groups excluding carboxylic acids is 1. The molecular weight excluding hydrogens is 188 g/mol. The first-order valence-corrected chi connectivity index (χ1v) is 5.29. The van der Waals surface area contributed by atoms with Crippen LogP contribution in [0.3, 0.4) is 0 Å². The summed E-state index contributed by atoms with van der Waals surface area (Å²) in [7, 11) is 0. The second-order valence-corrected chi connectivity index (χ2v) is 3.52. The van der Waals surface area contributed by atoms with E-state index >= 15 is 0 Å². The summed E-state index contributed by atoms with van der Waals surface area (Å²) in [6, 6.07) is 7.81. The van der Waals surface area contributed by atoms with E-state index < -0.39 is 0 Å². The number of nitrogens with one attached hydrogen (secondary N) is 2. The third-order valence-electron chi connectivity index (χ3n) is 2.11. The van der Waals surface area contributed by atoms with Crippen molar-refractivity contribution in [2.24, 2.45) is 0 Å². The molecule has 0 aliphatic carbocycles. The maximum Gasteiger partial charge on any atom is 0.225 e. The number of carbonyl (C=O) groups is 1. The number of aryl methyl sites for hydroxylation is 1. The molecule has 0 aromatic heterocycles. The Kier molecular flexibility index (Phi) is 4.84. The molecule has 0 saturated carbocycles. The molecule has 1 aromatic rings. The largest absolute Gasteiger partial charge is 0.326 e. The zero-order valence-electron chi connectivity index (χ0n) is 9.34. The molecule has 0 unspecified atom stereocenters. The number of amides is 1. The molecule has 1 rings (SSSR count). The summed E-state index contributed by atoms with van der Waals surface area (Å²) in [6.07, 6.45) is 0.516. The number of hydrogen-bond acceptors (Lipinski definition) is 2. The zero-order valence-corrected chi connectivity index (χ0v) is 9.34. The molecule has 1 amide bonds. The normalized spacial score (nSPS) is 10.0. The predicted molar refractivity (Wildman–Crippen MR) is 63.0 cm³/mol. The molecule has 2 N–H and O–H groups in total. The third-order valence-corrected chi connectivity index (χ3v) is 2.11. The predicted octanol–water partition coefficient (Wildman–Crippen LogP) is 1.93. The van der Waals surface area contributed by atoms with Gasteiger partial charge in [0.05, 0.1) is 0 Å². The Balaban J connectivity index is 2.34. The molecule has 3 heteroatoms. The van der Waals surface area contributed by atoms with E-state index in [1.807, 2.05) is 38.1 Å². The van der Waals surface area contributed by atoms with Crippen molar-refractivity contribution in [3.8, 4) is 0 Å². The van der Waals surface area contributed by atoms with Crippen molar-refractivity contribution < 1.29 is 4.79 Å². The Morgan fingerprint density at radius 3 is 2.53 bits per heavy atom. The molecule has 0 spiro atoms. The van der Waals surface area contributed by atoms with Crippen LogP contribution in [-0.4, -0.2) is 19.0 Å². The van der Waals surface area contributed by atoms with Crippen molar-refractivity contribution >= 4 is 11.6 Å². The van der Waals surface area contributed by atoms with E-state index in [-0.39, 0.29) is 5.91 Å². The molecule has 0 fully saturated rings. The van der Waals surface area contributed by atoms with Gasteiger partial charge in [0.2, 0.25) is 5.91 Å². The van der Waals surface area contributed by atoms with Gasteiger partial charge in [-0.25, -0.2) is 0 Å². The lowest BCUT2D eigenvalue weighted by Crippen LogP contribution is -2.21. The van der Waals surface area contributed by atoms with Crippen LogP contribution in [0.15, 0.2) is 24.3 Å².